The lowest BCUT2D eigenvalue weighted by molar-refractivity contribution is -0.148. The van der Waals surface area contributed by atoms with Gasteiger partial charge in [0.15, 0.2) is 14.7 Å². The van der Waals surface area contributed by atoms with Gasteiger partial charge in [0.2, 0.25) is 5.82 Å². The number of hydrogen-bond acceptors (Lipinski definition) is 6. The molecule has 0 spiro atoms. The summed E-state index contributed by atoms with van der Waals surface area (Å²) in [7, 11) is 3.64. The lowest BCUT2D eigenvalue weighted by Gasteiger charge is -2.15. The van der Waals surface area contributed by atoms with Crippen LogP contribution in [0, 0.1) is 0 Å². The average Bonchev–Trinajstić information content (AvgIpc) is 2.83. The Balaban J connectivity index is 2.54. The summed E-state index contributed by atoms with van der Waals surface area (Å²) in [6.45, 7) is 0.538. The zero-order valence-electron chi connectivity index (χ0n) is 12.3. The lowest BCUT2D eigenvalue weighted by Crippen LogP contribution is -2.31. The van der Waals surface area contributed by atoms with Gasteiger partial charge in [0, 0.05) is 6.54 Å². The van der Waals surface area contributed by atoms with Crippen LogP contribution in [0.2, 0.25) is 0 Å². The summed E-state index contributed by atoms with van der Waals surface area (Å²) in [4.78, 5) is 21.9. The first-order valence-electron chi connectivity index (χ1n) is 6.41. The molecule has 0 aliphatic rings. The molecule has 10 heteroatoms. The monoisotopic (exact) mass is 352 g/mol. The second kappa shape index (κ2) is 6.55. The second-order valence-corrected chi connectivity index (χ2v) is 6.92. The number of rotatable bonds is 5. The fourth-order valence-electron chi connectivity index (χ4n) is 1.94. The molecule has 0 unspecified atom stereocenters. The first kappa shape index (κ1) is 17.2. The molecular weight excluding hydrogens is 337 g/mol. The average molecular weight is 352 g/mol. The third-order valence-corrected chi connectivity index (χ3v) is 4.85. The number of thioether (sulfide) groups is 1. The van der Waals surface area contributed by atoms with E-state index in [1.54, 1.807) is 6.26 Å². The van der Waals surface area contributed by atoms with Crippen LogP contribution in [0.4, 0.5) is 13.2 Å². The molecule has 122 valence electrons. The quantitative estimate of drug-likeness (QED) is 0.774. The molecular formula is C12H15F3N4OS2. The van der Waals surface area contributed by atoms with Crippen molar-refractivity contribution in [2.75, 3.05) is 26.9 Å². The van der Waals surface area contributed by atoms with E-state index in [1.165, 1.54) is 11.8 Å². The highest BCUT2D eigenvalue weighted by molar-refractivity contribution is 8.00. The third-order valence-electron chi connectivity index (χ3n) is 2.92. The van der Waals surface area contributed by atoms with Crippen molar-refractivity contribution in [1.82, 2.24) is 19.4 Å². The molecule has 2 heterocycles. The lowest BCUT2D eigenvalue weighted by atomic mass is 10.3. The van der Waals surface area contributed by atoms with Gasteiger partial charge in [0.05, 0.1) is 0 Å². The molecule has 0 N–H and O–H groups in total. The van der Waals surface area contributed by atoms with Crippen molar-refractivity contribution < 1.29 is 13.2 Å². The first-order chi connectivity index (χ1) is 10.2. The van der Waals surface area contributed by atoms with E-state index in [9.17, 15) is 18.0 Å². The van der Waals surface area contributed by atoms with Crippen LogP contribution in [-0.2, 0) is 12.7 Å². The fraction of sp³-hybridized carbons (Fsp3) is 0.583. The Bertz CT molecular complexity index is 723. The maximum absolute atomic E-state index is 13.2. The normalized spacial score (nSPS) is 12.5. The number of hydrogen-bond donors (Lipinski definition) is 0. The molecule has 2 rings (SSSR count). The predicted molar refractivity (Wildman–Crippen MR) is 81.6 cm³/mol. The zero-order chi connectivity index (χ0) is 16.5. The summed E-state index contributed by atoms with van der Waals surface area (Å²) in [6.07, 6.45) is -2.50. The van der Waals surface area contributed by atoms with Crippen molar-refractivity contribution in [3.05, 3.63) is 16.2 Å². The molecule has 0 aromatic carbocycles. The molecule has 0 amide bonds. The minimum absolute atomic E-state index is 0.00667. The first-order valence-corrected chi connectivity index (χ1v) is 8.45. The van der Waals surface area contributed by atoms with Crippen molar-refractivity contribution >= 4 is 33.4 Å². The molecule has 0 saturated carbocycles. The van der Waals surface area contributed by atoms with Gasteiger partial charge in [0.1, 0.15) is 0 Å². The van der Waals surface area contributed by atoms with Crippen LogP contribution in [0.3, 0.4) is 0 Å². The molecule has 5 nitrogen and oxygen atoms in total. The van der Waals surface area contributed by atoms with Crippen molar-refractivity contribution in [3.8, 4) is 0 Å². The summed E-state index contributed by atoms with van der Waals surface area (Å²) in [6, 6.07) is 0. The number of thiazole rings is 1. The highest BCUT2D eigenvalue weighted by atomic mass is 32.2. The molecule has 0 atom stereocenters. The molecule has 0 aliphatic heterocycles. The molecule has 2 aromatic heterocycles. The van der Waals surface area contributed by atoms with E-state index in [1.807, 2.05) is 19.0 Å². The summed E-state index contributed by atoms with van der Waals surface area (Å²) < 4.78 is 40.7. The van der Waals surface area contributed by atoms with Crippen LogP contribution >= 0.6 is 23.1 Å². The Morgan fingerprint density at radius 1 is 1.32 bits per heavy atom. The van der Waals surface area contributed by atoms with Gasteiger partial charge in [0.25, 0.3) is 5.56 Å². The van der Waals surface area contributed by atoms with Crippen LogP contribution in [0.5, 0.6) is 0 Å². The highest BCUT2D eigenvalue weighted by Crippen LogP contribution is 2.31. The molecule has 2 aromatic rings. The van der Waals surface area contributed by atoms with Crippen molar-refractivity contribution in [2.45, 2.75) is 23.5 Å². The summed E-state index contributed by atoms with van der Waals surface area (Å²) >= 11 is 2.27. The molecule has 0 aliphatic carbocycles. The van der Waals surface area contributed by atoms with Crippen LogP contribution in [0.15, 0.2) is 9.13 Å². The van der Waals surface area contributed by atoms with Gasteiger partial charge in [-0.05, 0) is 33.3 Å². The number of aromatic nitrogens is 3. The van der Waals surface area contributed by atoms with Gasteiger partial charge in [-0.15, -0.1) is 0 Å². The van der Waals surface area contributed by atoms with E-state index in [0.29, 0.717) is 21.9 Å². The van der Waals surface area contributed by atoms with E-state index in [4.69, 9.17) is 0 Å². The number of fused-ring (bicyclic) bond motifs is 1. The maximum atomic E-state index is 13.2. The van der Waals surface area contributed by atoms with Crippen molar-refractivity contribution in [1.29, 1.82) is 0 Å². The summed E-state index contributed by atoms with van der Waals surface area (Å²) in [5.74, 6) is -1.15. The van der Waals surface area contributed by atoms with Gasteiger partial charge in [-0.3, -0.25) is 9.36 Å². The van der Waals surface area contributed by atoms with E-state index in [0.717, 1.165) is 11.3 Å². The van der Waals surface area contributed by atoms with Gasteiger partial charge in [-0.25, -0.2) is 9.97 Å². The van der Waals surface area contributed by atoms with E-state index in [2.05, 4.69) is 9.97 Å². The van der Waals surface area contributed by atoms with E-state index in [-0.39, 0.29) is 16.9 Å². The Morgan fingerprint density at radius 2 is 2.00 bits per heavy atom. The minimum atomic E-state index is -4.67. The molecule has 22 heavy (non-hydrogen) atoms. The van der Waals surface area contributed by atoms with E-state index >= 15 is 0 Å². The molecule has 0 radical (unpaired) electrons. The van der Waals surface area contributed by atoms with Crippen molar-refractivity contribution in [3.63, 3.8) is 0 Å². The fourth-order valence-corrected chi connectivity index (χ4v) is 3.36. The number of halogens is 3. The smallest absolute Gasteiger partial charge is 0.309 e. The van der Waals surface area contributed by atoms with Gasteiger partial charge in [-0.1, -0.05) is 23.1 Å². The van der Waals surface area contributed by atoms with Gasteiger partial charge in [-0.2, -0.15) is 13.2 Å². The minimum Gasteiger partial charge on any atom is -0.309 e. The molecule has 0 bridgehead atoms. The summed E-state index contributed by atoms with van der Waals surface area (Å²) in [5, 5.41) is 0. The van der Waals surface area contributed by atoms with Gasteiger partial charge >= 0.3 is 6.18 Å². The van der Waals surface area contributed by atoms with Crippen LogP contribution < -0.4 is 5.56 Å². The third kappa shape index (κ3) is 3.61. The Labute approximate surface area is 133 Å². The SMILES string of the molecule is CSc1nc2c(=O)n(CCCN(C)C)c(C(F)(F)F)nc2s1. The van der Waals surface area contributed by atoms with Crippen LogP contribution in [0.1, 0.15) is 12.2 Å². The second-order valence-electron chi connectivity index (χ2n) is 4.88. The zero-order valence-corrected chi connectivity index (χ0v) is 13.9. The maximum Gasteiger partial charge on any atom is 0.449 e. The van der Waals surface area contributed by atoms with Crippen LogP contribution in [-0.4, -0.2) is 46.3 Å². The summed E-state index contributed by atoms with van der Waals surface area (Å²) in [5.41, 5.74) is -0.722. The Kier molecular flexibility index (Phi) is 5.13. The topological polar surface area (TPSA) is 51.0 Å². The largest absolute Gasteiger partial charge is 0.449 e. The predicted octanol–water partition coefficient (Wildman–Crippen LogP) is 2.55. The Hall–Kier alpha value is -1.13. The standard InChI is InChI=1S/C12H15F3N4OS2/c1-18(2)5-4-6-19-9(20)7-8(22-11(16-7)21-3)17-10(19)12(13,14)15/h4-6H2,1-3H3. The van der Waals surface area contributed by atoms with Crippen LogP contribution in [0.25, 0.3) is 10.3 Å². The molecule has 0 saturated heterocycles. The number of nitrogens with zero attached hydrogens (tertiary/aromatic N) is 4. The Morgan fingerprint density at radius 3 is 2.55 bits per heavy atom. The van der Waals surface area contributed by atoms with E-state index < -0.39 is 17.6 Å². The van der Waals surface area contributed by atoms with Crippen molar-refractivity contribution in [2.24, 2.45) is 0 Å². The number of alkyl halides is 3. The highest BCUT2D eigenvalue weighted by Gasteiger charge is 2.37. The molecule has 0 fully saturated rings. The van der Waals surface area contributed by atoms with Gasteiger partial charge < -0.3 is 4.90 Å².